The number of hydrogen-bond donors (Lipinski definition) is 0. The Balaban J connectivity index is 2.27. The second-order valence-corrected chi connectivity index (χ2v) is 5.10. The van der Waals surface area contributed by atoms with Gasteiger partial charge in [-0.25, -0.2) is 4.98 Å². The van der Waals surface area contributed by atoms with Gasteiger partial charge in [0.2, 0.25) is 0 Å². The Bertz CT molecular complexity index is 672. The van der Waals surface area contributed by atoms with Gasteiger partial charge in [0.05, 0.1) is 12.7 Å². The van der Waals surface area contributed by atoms with Crippen molar-refractivity contribution < 1.29 is 4.74 Å². The summed E-state index contributed by atoms with van der Waals surface area (Å²) in [6.07, 6.45) is 0. The van der Waals surface area contributed by atoms with Crippen LogP contribution in [0.15, 0.2) is 30.3 Å². The molecule has 0 spiro atoms. The third-order valence-corrected chi connectivity index (χ3v) is 3.38. The number of benzene rings is 1. The van der Waals surface area contributed by atoms with Gasteiger partial charge in [0.1, 0.15) is 17.6 Å². The normalized spacial score (nSPS) is 10.0. The number of nitriles is 1. The number of aromatic nitrogens is 1. The predicted molar refractivity (Wildman–Crippen MR) is 83.5 cm³/mol. The monoisotopic (exact) mass is 281 g/mol. The summed E-state index contributed by atoms with van der Waals surface area (Å²) in [5, 5.41) is 9.34. The highest BCUT2D eigenvalue weighted by atomic mass is 16.5. The van der Waals surface area contributed by atoms with Crippen LogP contribution in [0, 0.1) is 25.2 Å². The third-order valence-electron chi connectivity index (χ3n) is 3.38. The maximum absolute atomic E-state index is 9.34. The van der Waals surface area contributed by atoms with Gasteiger partial charge in [0, 0.05) is 19.3 Å². The smallest absolute Gasteiger partial charge is 0.147 e. The molecule has 0 atom stereocenters. The first kappa shape index (κ1) is 14.9. The predicted octanol–water partition coefficient (Wildman–Crippen LogP) is 3.22. The van der Waals surface area contributed by atoms with E-state index in [9.17, 15) is 5.26 Å². The molecule has 0 amide bonds. The van der Waals surface area contributed by atoms with Crippen molar-refractivity contribution in [3.8, 4) is 11.8 Å². The minimum Gasteiger partial charge on any atom is -0.497 e. The van der Waals surface area contributed by atoms with E-state index < -0.39 is 0 Å². The van der Waals surface area contributed by atoms with Crippen LogP contribution in [-0.2, 0) is 6.54 Å². The van der Waals surface area contributed by atoms with E-state index in [0.717, 1.165) is 28.4 Å². The van der Waals surface area contributed by atoms with Crippen LogP contribution in [0.5, 0.6) is 5.75 Å². The molecule has 0 fully saturated rings. The molecule has 1 heterocycles. The Hall–Kier alpha value is -2.54. The van der Waals surface area contributed by atoms with Crippen LogP contribution in [-0.4, -0.2) is 19.1 Å². The Labute approximate surface area is 125 Å². The summed E-state index contributed by atoms with van der Waals surface area (Å²) in [5.74, 6) is 1.56. The topological polar surface area (TPSA) is 49.1 Å². The van der Waals surface area contributed by atoms with Gasteiger partial charge < -0.3 is 9.64 Å². The second kappa shape index (κ2) is 6.27. The molecule has 0 aliphatic carbocycles. The molecule has 21 heavy (non-hydrogen) atoms. The molecule has 0 aliphatic rings. The molecule has 4 nitrogen and oxygen atoms in total. The highest BCUT2D eigenvalue weighted by molar-refractivity contribution is 5.58. The lowest BCUT2D eigenvalue weighted by Gasteiger charge is -2.21. The molecule has 0 saturated heterocycles. The van der Waals surface area contributed by atoms with Crippen molar-refractivity contribution in [2.24, 2.45) is 0 Å². The van der Waals surface area contributed by atoms with Crippen LogP contribution in [0.25, 0.3) is 0 Å². The van der Waals surface area contributed by atoms with E-state index in [0.29, 0.717) is 12.1 Å². The zero-order chi connectivity index (χ0) is 15.4. The van der Waals surface area contributed by atoms with Crippen LogP contribution in [0.3, 0.4) is 0 Å². The molecule has 2 aromatic rings. The highest BCUT2D eigenvalue weighted by Gasteiger charge is 2.13. The fourth-order valence-corrected chi connectivity index (χ4v) is 2.31. The van der Waals surface area contributed by atoms with E-state index in [1.165, 1.54) is 0 Å². The first-order valence-corrected chi connectivity index (χ1v) is 6.77. The van der Waals surface area contributed by atoms with Gasteiger partial charge in [-0.1, -0.05) is 12.1 Å². The van der Waals surface area contributed by atoms with Crippen molar-refractivity contribution in [2.45, 2.75) is 20.4 Å². The van der Waals surface area contributed by atoms with Gasteiger partial charge in [-0.2, -0.15) is 5.26 Å². The molecule has 0 radical (unpaired) electrons. The molecule has 0 saturated carbocycles. The second-order valence-electron chi connectivity index (χ2n) is 5.10. The van der Waals surface area contributed by atoms with Crippen molar-refractivity contribution in [3.05, 3.63) is 52.7 Å². The van der Waals surface area contributed by atoms with Gasteiger partial charge in [-0.3, -0.25) is 0 Å². The largest absolute Gasteiger partial charge is 0.497 e. The summed E-state index contributed by atoms with van der Waals surface area (Å²) in [5.41, 5.74) is 3.66. The van der Waals surface area contributed by atoms with E-state index in [1.54, 1.807) is 7.11 Å². The van der Waals surface area contributed by atoms with Crippen molar-refractivity contribution in [3.63, 3.8) is 0 Å². The quantitative estimate of drug-likeness (QED) is 0.863. The Morgan fingerprint density at radius 1 is 1.24 bits per heavy atom. The summed E-state index contributed by atoms with van der Waals surface area (Å²) < 4.78 is 5.16. The number of anilines is 1. The van der Waals surface area contributed by atoms with Gasteiger partial charge in [-0.15, -0.1) is 0 Å². The van der Waals surface area contributed by atoms with E-state index in [2.05, 4.69) is 11.1 Å². The lowest BCUT2D eigenvalue weighted by atomic mass is 10.1. The van der Waals surface area contributed by atoms with Crippen molar-refractivity contribution >= 4 is 5.82 Å². The van der Waals surface area contributed by atoms with Crippen LogP contribution >= 0.6 is 0 Å². The number of nitrogens with zero attached hydrogens (tertiary/aromatic N) is 3. The van der Waals surface area contributed by atoms with Crippen LogP contribution in [0.4, 0.5) is 5.82 Å². The molecule has 1 aromatic heterocycles. The maximum atomic E-state index is 9.34. The standard InChI is InChI=1S/C17H19N3O/c1-12-9-13(2)19-17(16(12)10-18)20(3)11-14-5-7-15(21-4)8-6-14/h5-9H,11H2,1-4H3. The number of rotatable bonds is 4. The first-order valence-electron chi connectivity index (χ1n) is 6.77. The molecule has 0 bridgehead atoms. The molecule has 0 unspecified atom stereocenters. The average molecular weight is 281 g/mol. The summed E-state index contributed by atoms with van der Waals surface area (Å²) in [7, 11) is 3.60. The van der Waals surface area contributed by atoms with Gasteiger partial charge >= 0.3 is 0 Å². The molecule has 2 rings (SSSR count). The van der Waals surface area contributed by atoms with E-state index in [-0.39, 0.29) is 0 Å². The van der Waals surface area contributed by atoms with Crippen LogP contribution in [0.2, 0.25) is 0 Å². The minimum absolute atomic E-state index is 0.636. The highest BCUT2D eigenvalue weighted by Crippen LogP contribution is 2.22. The zero-order valence-corrected chi connectivity index (χ0v) is 12.8. The summed E-state index contributed by atoms with van der Waals surface area (Å²) in [6, 6.07) is 12.1. The van der Waals surface area contributed by atoms with Crippen molar-refractivity contribution in [1.29, 1.82) is 5.26 Å². The van der Waals surface area contributed by atoms with Gasteiger partial charge in [0.15, 0.2) is 0 Å². The van der Waals surface area contributed by atoms with E-state index in [1.807, 2.05) is 56.1 Å². The number of hydrogen-bond acceptors (Lipinski definition) is 4. The summed E-state index contributed by atoms with van der Waals surface area (Å²) in [6.45, 7) is 4.57. The van der Waals surface area contributed by atoms with E-state index >= 15 is 0 Å². The maximum Gasteiger partial charge on any atom is 0.147 e. The van der Waals surface area contributed by atoms with E-state index in [4.69, 9.17) is 4.74 Å². The van der Waals surface area contributed by atoms with Crippen molar-refractivity contribution in [2.75, 3.05) is 19.1 Å². The molecule has 108 valence electrons. The average Bonchev–Trinajstić information content (AvgIpc) is 2.47. The number of pyridine rings is 1. The fraction of sp³-hybridized carbons (Fsp3) is 0.294. The van der Waals surface area contributed by atoms with Crippen molar-refractivity contribution in [1.82, 2.24) is 4.98 Å². The molecular formula is C17H19N3O. The minimum atomic E-state index is 0.636. The molecule has 0 aliphatic heterocycles. The van der Waals surface area contributed by atoms with Gasteiger partial charge in [-0.05, 0) is 43.2 Å². The molecular weight excluding hydrogens is 262 g/mol. The SMILES string of the molecule is COc1ccc(CN(C)c2nc(C)cc(C)c2C#N)cc1. The number of ether oxygens (including phenoxy) is 1. The molecule has 0 N–H and O–H groups in total. The lowest BCUT2D eigenvalue weighted by molar-refractivity contribution is 0.414. The van der Waals surface area contributed by atoms with Crippen LogP contribution in [0.1, 0.15) is 22.4 Å². The molecule has 4 heteroatoms. The number of methoxy groups -OCH3 is 1. The zero-order valence-electron chi connectivity index (χ0n) is 12.8. The Kier molecular flexibility index (Phi) is 4.44. The van der Waals surface area contributed by atoms with Gasteiger partial charge in [0.25, 0.3) is 0 Å². The summed E-state index contributed by atoms with van der Waals surface area (Å²) in [4.78, 5) is 6.51. The lowest BCUT2D eigenvalue weighted by Crippen LogP contribution is -2.19. The fourth-order valence-electron chi connectivity index (χ4n) is 2.31. The number of aryl methyl sites for hydroxylation is 2. The third kappa shape index (κ3) is 3.32. The first-order chi connectivity index (χ1) is 10.0. The Morgan fingerprint density at radius 3 is 2.48 bits per heavy atom. The Morgan fingerprint density at radius 2 is 1.90 bits per heavy atom. The van der Waals surface area contributed by atoms with Crippen LogP contribution < -0.4 is 9.64 Å². The molecule has 1 aromatic carbocycles. The summed E-state index contributed by atoms with van der Waals surface area (Å²) >= 11 is 0.